The maximum absolute atomic E-state index is 14.2. The predicted molar refractivity (Wildman–Crippen MR) is 189 cm³/mol. The van der Waals surface area contributed by atoms with E-state index >= 15 is 0 Å². The summed E-state index contributed by atoms with van der Waals surface area (Å²) in [4.78, 5) is 60.1. The van der Waals surface area contributed by atoms with Gasteiger partial charge in [-0.05, 0) is 61.6 Å². The van der Waals surface area contributed by atoms with Crippen molar-refractivity contribution in [3.63, 3.8) is 0 Å². The number of hydrogen-bond acceptors (Lipinski definition) is 7. The number of likely N-dealkylation sites (N-methyl/N-ethyl adjacent to an activating group) is 1. The lowest BCUT2D eigenvalue weighted by Crippen LogP contribution is -2.51. The average molecular weight is 666 g/mol. The van der Waals surface area contributed by atoms with Crippen molar-refractivity contribution < 1.29 is 23.9 Å². The molecule has 3 aliphatic rings. The van der Waals surface area contributed by atoms with Crippen LogP contribution in [0.2, 0.25) is 0 Å². The molecule has 0 bridgehead atoms. The van der Waals surface area contributed by atoms with Gasteiger partial charge in [-0.2, -0.15) is 0 Å². The molecule has 0 saturated carbocycles. The molecule has 2 fully saturated rings. The van der Waals surface area contributed by atoms with Gasteiger partial charge < -0.3 is 30.1 Å². The SMILES string of the molecule is COC(=O)CCNC(=O)[C@@]1(c2ccccc2)CC[C@H](C(=O)N2CCC(NC(=O)c3ccccc3N3CCN(C)CC3)CC2)c2ccccc21. The van der Waals surface area contributed by atoms with Gasteiger partial charge in [-0.25, -0.2) is 0 Å². The van der Waals surface area contributed by atoms with Gasteiger partial charge in [-0.1, -0.05) is 66.7 Å². The fourth-order valence-corrected chi connectivity index (χ4v) is 7.73. The minimum absolute atomic E-state index is 0.0184. The molecule has 3 aromatic carbocycles. The number of carbonyl (C=O) groups is 4. The van der Waals surface area contributed by atoms with Crippen molar-refractivity contribution in [2.24, 2.45) is 0 Å². The van der Waals surface area contributed by atoms with Crippen LogP contribution < -0.4 is 15.5 Å². The van der Waals surface area contributed by atoms with Crippen molar-refractivity contribution >= 4 is 29.4 Å². The van der Waals surface area contributed by atoms with Gasteiger partial charge in [-0.3, -0.25) is 19.2 Å². The number of nitrogens with zero attached hydrogens (tertiary/aromatic N) is 3. The van der Waals surface area contributed by atoms with Gasteiger partial charge >= 0.3 is 5.97 Å². The van der Waals surface area contributed by atoms with Crippen molar-refractivity contribution in [1.29, 1.82) is 0 Å². The molecule has 2 N–H and O–H groups in total. The molecule has 2 atom stereocenters. The average Bonchev–Trinajstić information content (AvgIpc) is 3.15. The molecule has 10 nitrogen and oxygen atoms in total. The third kappa shape index (κ3) is 7.20. The normalized spacial score (nSPS) is 21.4. The van der Waals surface area contributed by atoms with Crippen LogP contribution in [0.15, 0.2) is 78.9 Å². The summed E-state index contributed by atoms with van der Waals surface area (Å²) in [6.45, 7) is 4.98. The maximum atomic E-state index is 14.2. The van der Waals surface area contributed by atoms with E-state index in [-0.39, 0.29) is 48.6 Å². The first kappa shape index (κ1) is 34.2. The van der Waals surface area contributed by atoms with E-state index in [0.29, 0.717) is 44.3 Å². The largest absolute Gasteiger partial charge is 0.469 e. The Bertz CT molecular complexity index is 1650. The molecule has 2 saturated heterocycles. The summed E-state index contributed by atoms with van der Waals surface area (Å²) in [6.07, 6.45) is 2.40. The van der Waals surface area contributed by atoms with Crippen molar-refractivity contribution in [2.75, 3.05) is 64.9 Å². The monoisotopic (exact) mass is 665 g/mol. The van der Waals surface area contributed by atoms with Crippen LogP contribution in [-0.4, -0.2) is 99.5 Å². The van der Waals surface area contributed by atoms with Crippen molar-refractivity contribution in [3.05, 3.63) is 101 Å². The van der Waals surface area contributed by atoms with Crippen LogP contribution in [0, 0.1) is 0 Å². The summed E-state index contributed by atoms with van der Waals surface area (Å²) < 4.78 is 4.76. The molecule has 258 valence electrons. The van der Waals surface area contributed by atoms with E-state index in [2.05, 4.69) is 27.5 Å². The fraction of sp³-hybridized carbons (Fsp3) is 0.436. The Labute approximate surface area is 288 Å². The third-order valence-electron chi connectivity index (χ3n) is 10.5. The number of benzene rings is 3. The third-order valence-corrected chi connectivity index (χ3v) is 10.5. The predicted octanol–water partition coefficient (Wildman–Crippen LogP) is 3.70. The van der Waals surface area contributed by atoms with E-state index in [9.17, 15) is 19.2 Å². The number of fused-ring (bicyclic) bond motifs is 1. The summed E-state index contributed by atoms with van der Waals surface area (Å²) in [7, 11) is 3.45. The molecule has 2 aliphatic heterocycles. The molecule has 0 unspecified atom stereocenters. The van der Waals surface area contributed by atoms with E-state index in [0.717, 1.165) is 48.6 Å². The number of ether oxygens (including phenoxy) is 1. The molecule has 3 aromatic rings. The molecule has 0 radical (unpaired) electrons. The molecular weight excluding hydrogens is 618 g/mol. The summed E-state index contributed by atoms with van der Waals surface area (Å²) >= 11 is 0. The summed E-state index contributed by atoms with van der Waals surface area (Å²) in [5.74, 6) is -0.959. The molecule has 0 spiro atoms. The zero-order valence-corrected chi connectivity index (χ0v) is 28.5. The number of carbonyl (C=O) groups excluding carboxylic acids is 4. The number of likely N-dealkylation sites (tertiary alicyclic amines) is 1. The zero-order valence-electron chi connectivity index (χ0n) is 28.5. The Morgan fingerprint density at radius 2 is 1.49 bits per heavy atom. The van der Waals surface area contributed by atoms with Crippen LogP contribution in [0.4, 0.5) is 5.69 Å². The molecule has 6 rings (SSSR count). The highest BCUT2D eigenvalue weighted by atomic mass is 16.5. The highest BCUT2D eigenvalue weighted by Crippen LogP contribution is 2.48. The number of methoxy groups -OCH3 is 1. The van der Waals surface area contributed by atoms with Crippen molar-refractivity contribution in [1.82, 2.24) is 20.4 Å². The number of amides is 3. The van der Waals surface area contributed by atoms with Crippen LogP contribution in [0.3, 0.4) is 0 Å². The smallest absolute Gasteiger partial charge is 0.307 e. The summed E-state index contributed by atoms with van der Waals surface area (Å²) in [6, 6.07) is 25.3. The Morgan fingerprint density at radius 1 is 0.816 bits per heavy atom. The Kier molecular flexibility index (Phi) is 10.6. The van der Waals surface area contributed by atoms with Gasteiger partial charge in [0, 0.05) is 57.5 Å². The van der Waals surface area contributed by atoms with E-state index in [1.54, 1.807) is 0 Å². The van der Waals surface area contributed by atoms with Crippen LogP contribution in [-0.2, 0) is 24.5 Å². The van der Waals surface area contributed by atoms with E-state index in [4.69, 9.17) is 4.74 Å². The van der Waals surface area contributed by atoms with Gasteiger partial charge in [-0.15, -0.1) is 0 Å². The molecule has 2 heterocycles. The standard InChI is InChI=1S/C39H47N5O5/c1-42-24-26-43(27-25-42)34-15-9-7-13-32(34)36(46)41-29-18-22-44(23-19-29)37(47)31-16-20-39(28-10-4-3-5-11-28,33-14-8-6-12-30(31)33)38(48)40-21-17-35(45)49-2/h3-15,29,31H,16-27H2,1-2H3,(H,40,48)(H,41,46)/t31-,39+/m0/s1. The number of rotatable bonds is 9. The lowest BCUT2D eigenvalue weighted by Gasteiger charge is -2.42. The number of esters is 1. The quantitative estimate of drug-likeness (QED) is 0.336. The Morgan fingerprint density at radius 3 is 2.22 bits per heavy atom. The second kappa shape index (κ2) is 15.2. The van der Waals surface area contributed by atoms with Crippen molar-refractivity contribution in [2.45, 2.75) is 49.5 Å². The minimum atomic E-state index is -0.998. The van der Waals surface area contributed by atoms with Gasteiger partial charge in [0.1, 0.15) is 0 Å². The molecule has 49 heavy (non-hydrogen) atoms. The second-order valence-corrected chi connectivity index (χ2v) is 13.4. The highest BCUT2D eigenvalue weighted by Gasteiger charge is 2.48. The first-order chi connectivity index (χ1) is 23.8. The topological polar surface area (TPSA) is 111 Å². The van der Waals surface area contributed by atoms with Gasteiger partial charge in [0.25, 0.3) is 5.91 Å². The Balaban J connectivity index is 1.14. The van der Waals surface area contributed by atoms with Crippen LogP contribution in [0.5, 0.6) is 0 Å². The van der Waals surface area contributed by atoms with Crippen LogP contribution in [0.1, 0.15) is 65.1 Å². The number of piperazine rings is 1. The van der Waals surface area contributed by atoms with Crippen LogP contribution >= 0.6 is 0 Å². The lowest BCUT2D eigenvalue weighted by molar-refractivity contribution is -0.140. The number of para-hydroxylation sites is 1. The van der Waals surface area contributed by atoms with Gasteiger partial charge in [0.05, 0.1) is 30.4 Å². The molecule has 3 amide bonds. The molecular formula is C39H47N5O5. The minimum Gasteiger partial charge on any atom is -0.469 e. The summed E-state index contributed by atoms with van der Waals surface area (Å²) in [5, 5.41) is 6.25. The molecule has 0 aromatic heterocycles. The highest BCUT2D eigenvalue weighted by molar-refractivity contribution is 6.00. The van der Waals surface area contributed by atoms with Gasteiger partial charge in [0.15, 0.2) is 0 Å². The number of hydrogen-bond donors (Lipinski definition) is 2. The van der Waals surface area contributed by atoms with Crippen molar-refractivity contribution in [3.8, 4) is 0 Å². The number of nitrogens with one attached hydrogen (secondary N) is 2. The molecule has 10 heteroatoms. The lowest BCUT2D eigenvalue weighted by atomic mass is 9.62. The maximum Gasteiger partial charge on any atom is 0.307 e. The van der Waals surface area contributed by atoms with Gasteiger partial charge in [0.2, 0.25) is 11.8 Å². The first-order valence-electron chi connectivity index (χ1n) is 17.4. The first-order valence-corrected chi connectivity index (χ1v) is 17.4. The zero-order chi connectivity index (χ0) is 34.4. The van der Waals surface area contributed by atoms with E-state index in [1.807, 2.05) is 83.8 Å². The number of anilines is 1. The number of piperidine rings is 1. The molecule has 1 aliphatic carbocycles. The summed E-state index contributed by atoms with van der Waals surface area (Å²) in [5.41, 5.74) is 3.21. The van der Waals surface area contributed by atoms with E-state index < -0.39 is 5.41 Å². The van der Waals surface area contributed by atoms with Crippen LogP contribution in [0.25, 0.3) is 0 Å². The fourth-order valence-electron chi connectivity index (χ4n) is 7.73. The second-order valence-electron chi connectivity index (χ2n) is 13.4. The van der Waals surface area contributed by atoms with E-state index in [1.165, 1.54) is 7.11 Å². The Hall–Kier alpha value is -4.70.